The molecule has 2 aromatic rings. The number of ether oxygens (including phenoxy) is 2. The Hall–Kier alpha value is -2.70. The summed E-state index contributed by atoms with van der Waals surface area (Å²) >= 11 is 0. The fraction of sp³-hybridized carbons (Fsp3) is 0.517. The molecule has 0 unspecified atom stereocenters. The predicted octanol–water partition coefficient (Wildman–Crippen LogP) is 5.65. The van der Waals surface area contributed by atoms with Crippen molar-refractivity contribution >= 4 is 11.9 Å². The first-order valence-corrected chi connectivity index (χ1v) is 12.4. The Morgan fingerprint density at radius 3 is 1.80 bits per heavy atom. The van der Waals surface area contributed by atoms with Gasteiger partial charge >= 0.3 is 6.09 Å². The highest BCUT2D eigenvalue weighted by molar-refractivity contribution is 5.87. The van der Waals surface area contributed by atoms with Gasteiger partial charge in [-0.15, -0.1) is 0 Å². The van der Waals surface area contributed by atoms with Crippen LogP contribution in [0.3, 0.4) is 0 Å². The first-order valence-electron chi connectivity index (χ1n) is 12.4. The van der Waals surface area contributed by atoms with Crippen LogP contribution in [0.1, 0.15) is 59.6 Å². The van der Waals surface area contributed by atoms with Crippen LogP contribution in [0.5, 0.6) is 0 Å². The first kappa shape index (κ1) is 26.9. The Balaban J connectivity index is 1.91. The molecule has 0 radical (unpaired) electrons. The maximum atomic E-state index is 13.5. The number of amides is 1. The van der Waals surface area contributed by atoms with Crippen LogP contribution >= 0.6 is 0 Å². The smallest absolute Gasteiger partial charge is 0.413 e. The number of Topliss-reactive ketones (excluding diaryl/α,β-unsaturated/α-hetero) is 1. The standard InChI is InChI=1S/C29H40N2O4/c1-21(2)25(32)26(35-27(33)31-28(4,5)20-34-29(31,6)7)22(3)30(18-23-14-10-8-11-15-23)19-24-16-12-9-13-17-24/h8-17,21-22,26H,18-20H2,1-7H3/t22-,26+/m0/s1. The molecular weight excluding hydrogens is 440 g/mol. The fourth-order valence-corrected chi connectivity index (χ4v) is 4.73. The summed E-state index contributed by atoms with van der Waals surface area (Å²) in [6.45, 7) is 14.9. The Bertz CT molecular complexity index is 931. The highest BCUT2D eigenvalue weighted by Gasteiger charge is 2.51. The highest BCUT2D eigenvalue weighted by atomic mass is 16.6. The van der Waals surface area contributed by atoms with Crippen LogP contribution in [-0.4, -0.2) is 51.7 Å². The van der Waals surface area contributed by atoms with E-state index >= 15 is 0 Å². The van der Waals surface area contributed by atoms with E-state index in [2.05, 4.69) is 29.2 Å². The summed E-state index contributed by atoms with van der Waals surface area (Å²) in [4.78, 5) is 30.7. The van der Waals surface area contributed by atoms with Gasteiger partial charge in [-0.2, -0.15) is 0 Å². The average molecular weight is 481 g/mol. The van der Waals surface area contributed by atoms with Gasteiger partial charge in [0.1, 0.15) is 5.72 Å². The van der Waals surface area contributed by atoms with Crippen molar-refractivity contribution in [1.29, 1.82) is 0 Å². The molecule has 3 rings (SSSR count). The van der Waals surface area contributed by atoms with Crippen molar-refractivity contribution in [3.8, 4) is 0 Å². The second-order valence-corrected chi connectivity index (χ2v) is 10.9. The third kappa shape index (κ3) is 6.50. The van der Waals surface area contributed by atoms with Crippen molar-refractivity contribution in [2.45, 2.75) is 85.0 Å². The molecule has 0 saturated carbocycles. The summed E-state index contributed by atoms with van der Waals surface area (Å²) < 4.78 is 11.9. The van der Waals surface area contributed by atoms with Gasteiger partial charge < -0.3 is 9.47 Å². The van der Waals surface area contributed by atoms with Crippen LogP contribution in [0.15, 0.2) is 60.7 Å². The Kier molecular flexibility index (Phi) is 8.39. The minimum Gasteiger partial charge on any atom is -0.436 e. The molecule has 1 amide bonds. The van der Waals surface area contributed by atoms with Crippen molar-refractivity contribution in [2.75, 3.05) is 6.61 Å². The van der Waals surface area contributed by atoms with Crippen molar-refractivity contribution in [3.05, 3.63) is 71.8 Å². The Morgan fingerprint density at radius 1 is 0.914 bits per heavy atom. The van der Waals surface area contributed by atoms with E-state index < -0.39 is 23.5 Å². The maximum Gasteiger partial charge on any atom is 0.413 e. The lowest BCUT2D eigenvalue weighted by atomic mass is 9.97. The zero-order valence-electron chi connectivity index (χ0n) is 22.2. The third-order valence-corrected chi connectivity index (χ3v) is 6.65. The number of benzene rings is 2. The SMILES string of the molecule is CC(C)C(=O)[C@H](OC(=O)N1C(C)(C)COC1(C)C)[C@H](C)N(Cc1ccccc1)Cc1ccccc1. The monoisotopic (exact) mass is 480 g/mol. The van der Waals surface area contributed by atoms with Crippen molar-refractivity contribution in [1.82, 2.24) is 9.80 Å². The minimum absolute atomic E-state index is 0.0901. The van der Waals surface area contributed by atoms with E-state index in [9.17, 15) is 9.59 Å². The summed E-state index contributed by atoms with van der Waals surface area (Å²) in [5.74, 6) is -0.367. The van der Waals surface area contributed by atoms with Gasteiger partial charge in [0.15, 0.2) is 11.9 Å². The van der Waals surface area contributed by atoms with Gasteiger partial charge in [0.25, 0.3) is 0 Å². The van der Waals surface area contributed by atoms with Crippen LogP contribution in [0, 0.1) is 5.92 Å². The van der Waals surface area contributed by atoms with Crippen molar-refractivity contribution < 1.29 is 19.1 Å². The van der Waals surface area contributed by atoms with E-state index in [0.29, 0.717) is 19.7 Å². The van der Waals surface area contributed by atoms with E-state index in [4.69, 9.17) is 9.47 Å². The summed E-state index contributed by atoms with van der Waals surface area (Å²) in [5.41, 5.74) is 0.909. The molecule has 0 bridgehead atoms. The first-order chi connectivity index (χ1) is 16.4. The third-order valence-electron chi connectivity index (χ3n) is 6.65. The summed E-state index contributed by atoms with van der Waals surface area (Å²) in [6, 6.07) is 20.0. The highest BCUT2D eigenvalue weighted by Crippen LogP contribution is 2.35. The fourth-order valence-electron chi connectivity index (χ4n) is 4.73. The van der Waals surface area contributed by atoms with Crippen LogP contribution in [0.25, 0.3) is 0 Å². The lowest BCUT2D eigenvalue weighted by Crippen LogP contribution is -2.56. The summed E-state index contributed by atoms with van der Waals surface area (Å²) in [6.07, 6.45) is -1.44. The molecule has 0 N–H and O–H groups in total. The number of hydrogen-bond donors (Lipinski definition) is 0. The number of ketones is 1. The van der Waals surface area contributed by atoms with Crippen LogP contribution in [0.4, 0.5) is 4.79 Å². The lowest BCUT2D eigenvalue weighted by molar-refractivity contribution is -0.137. The molecule has 1 aliphatic heterocycles. The predicted molar refractivity (Wildman–Crippen MR) is 138 cm³/mol. The molecule has 1 fully saturated rings. The molecule has 1 aliphatic rings. The van der Waals surface area contributed by atoms with Crippen LogP contribution < -0.4 is 0 Å². The van der Waals surface area contributed by atoms with E-state index in [0.717, 1.165) is 11.1 Å². The Labute approximate surface area is 210 Å². The molecule has 6 heteroatoms. The molecule has 0 aromatic heterocycles. The number of carbonyl (C=O) groups is 2. The molecule has 0 spiro atoms. The topological polar surface area (TPSA) is 59.1 Å². The van der Waals surface area contributed by atoms with Gasteiger partial charge in [-0.3, -0.25) is 14.6 Å². The number of hydrogen-bond acceptors (Lipinski definition) is 5. The summed E-state index contributed by atoms with van der Waals surface area (Å²) in [7, 11) is 0. The van der Waals surface area contributed by atoms with E-state index in [1.165, 1.54) is 0 Å². The van der Waals surface area contributed by atoms with E-state index in [-0.39, 0.29) is 17.7 Å². The van der Waals surface area contributed by atoms with Gasteiger partial charge in [0, 0.05) is 19.0 Å². The molecule has 1 saturated heterocycles. The quantitative estimate of drug-likeness (QED) is 0.464. The van der Waals surface area contributed by atoms with Gasteiger partial charge in [0.05, 0.1) is 18.2 Å². The average Bonchev–Trinajstić information content (AvgIpc) is 3.04. The molecule has 2 aromatic carbocycles. The van der Waals surface area contributed by atoms with E-state index in [1.54, 1.807) is 4.90 Å². The van der Waals surface area contributed by atoms with Gasteiger partial charge in [-0.1, -0.05) is 74.5 Å². The number of nitrogens with zero attached hydrogens (tertiary/aromatic N) is 2. The summed E-state index contributed by atoms with van der Waals surface area (Å²) in [5, 5.41) is 0. The van der Waals surface area contributed by atoms with Crippen LogP contribution in [0.2, 0.25) is 0 Å². The molecule has 0 aliphatic carbocycles. The molecule has 1 heterocycles. The minimum atomic E-state index is -0.915. The van der Waals surface area contributed by atoms with Gasteiger partial charge in [0.2, 0.25) is 0 Å². The normalized spacial score (nSPS) is 18.5. The molecule has 35 heavy (non-hydrogen) atoms. The maximum absolute atomic E-state index is 13.5. The zero-order chi connectivity index (χ0) is 25.8. The molecule has 6 nitrogen and oxygen atoms in total. The second kappa shape index (κ2) is 10.9. The number of rotatable bonds is 9. The Morgan fingerprint density at radius 2 is 1.40 bits per heavy atom. The molecule has 2 atom stereocenters. The zero-order valence-corrected chi connectivity index (χ0v) is 22.2. The number of carbonyl (C=O) groups excluding carboxylic acids is 2. The van der Waals surface area contributed by atoms with Crippen molar-refractivity contribution in [2.24, 2.45) is 5.92 Å². The van der Waals surface area contributed by atoms with Gasteiger partial charge in [-0.05, 0) is 45.7 Å². The van der Waals surface area contributed by atoms with Crippen molar-refractivity contribution in [3.63, 3.8) is 0 Å². The van der Waals surface area contributed by atoms with Gasteiger partial charge in [-0.25, -0.2) is 4.79 Å². The van der Waals surface area contributed by atoms with Crippen LogP contribution in [-0.2, 0) is 27.4 Å². The molecule has 190 valence electrons. The molecular formula is C29H40N2O4. The lowest BCUT2D eigenvalue weighted by Gasteiger charge is -2.40. The second-order valence-electron chi connectivity index (χ2n) is 10.9. The van der Waals surface area contributed by atoms with E-state index in [1.807, 2.05) is 84.9 Å². The largest absolute Gasteiger partial charge is 0.436 e.